The Morgan fingerprint density at radius 2 is 1.86 bits per heavy atom. The van der Waals surface area contributed by atoms with Gasteiger partial charge in [-0.05, 0) is 32.0 Å². The van der Waals surface area contributed by atoms with Crippen molar-refractivity contribution < 1.29 is 9.59 Å². The summed E-state index contributed by atoms with van der Waals surface area (Å²) in [6, 6.07) is 14.6. The van der Waals surface area contributed by atoms with E-state index in [1.165, 1.54) is 0 Å². The number of aromatic amines is 1. The zero-order valence-electron chi connectivity index (χ0n) is 15.7. The summed E-state index contributed by atoms with van der Waals surface area (Å²) in [5.41, 5.74) is 15.4. The standard InChI is InChI=1S/C21H23N5O2/c1-13-6-8-14(9-7-13)18-17(20(23)27)19(26-25-18)15-4-2-5-16(12-15)21(28)24-11-3-10-22/h2,4-9,12H,3,10-11,22H2,1H3,(H2,23,27)(H,24,28)(H,25,26). The Kier molecular flexibility index (Phi) is 5.86. The minimum absolute atomic E-state index is 0.204. The van der Waals surface area contributed by atoms with Gasteiger partial charge in [0.1, 0.15) is 5.69 Å². The molecule has 0 aliphatic carbocycles. The van der Waals surface area contributed by atoms with Gasteiger partial charge in [-0.2, -0.15) is 5.10 Å². The van der Waals surface area contributed by atoms with E-state index < -0.39 is 5.91 Å². The molecule has 28 heavy (non-hydrogen) atoms. The molecule has 7 heteroatoms. The highest BCUT2D eigenvalue weighted by atomic mass is 16.2. The maximum atomic E-state index is 12.3. The van der Waals surface area contributed by atoms with E-state index >= 15 is 0 Å². The van der Waals surface area contributed by atoms with E-state index in [2.05, 4.69) is 15.5 Å². The molecule has 0 aliphatic heterocycles. The zero-order valence-corrected chi connectivity index (χ0v) is 15.7. The molecule has 6 N–H and O–H groups in total. The van der Waals surface area contributed by atoms with Crippen LogP contribution in [0.25, 0.3) is 22.5 Å². The number of nitrogens with two attached hydrogens (primary N) is 2. The van der Waals surface area contributed by atoms with E-state index in [-0.39, 0.29) is 5.91 Å². The zero-order chi connectivity index (χ0) is 20.1. The number of nitrogens with zero attached hydrogens (tertiary/aromatic N) is 1. The number of hydrogen-bond donors (Lipinski definition) is 4. The third-order valence-corrected chi connectivity index (χ3v) is 4.42. The molecule has 144 valence electrons. The van der Waals surface area contributed by atoms with Crippen molar-refractivity contribution in [3.63, 3.8) is 0 Å². The summed E-state index contributed by atoms with van der Waals surface area (Å²) in [5.74, 6) is -0.789. The highest BCUT2D eigenvalue weighted by Gasteiger charge is 2.21. The summed E-state index contributed by atoms with van der Waals surface area (Å²) in [7, 11) is 0. The smallest absolute Gasteiger partial charge is 0.253 e. The molecule has 3 rings (SSSR count). The Morgan fingerprint density at radius 1 is 1.11 bits per heavy atom. The summed E-state index contributed by atoms with van der Waals surface area (Å²) in [5, 5.41) is 10.0. The third kappa shape index (κ3) is 4.10. The third-order valence-electron chi connectivity index (χ3n) is 4.42. The van der Waals surface area contributed by atoms with E-state index in [4.69, 9.17) is 11.5 Å². The topological polar surface area (TPSA) is 127 Å². The molecule has 0 spiro atoms. The minimum atomic E-state index is -0.586. The number of nitrogens with one attached hydrogen (secondary N) is 2. The summed E-state index contributed by atoms with van der Waals surface area (Å²) >= 11 is 0. The van der Waals surface area contributed by atoms with Crippen LogP contribution in [0.3, 0.4) is 0 Å². The Hall–Kier alpha value is -3.45. The number of carbonyl (C=O) groups excluding carboxylic acids is 2. The number of H-pyrrole nitrogens is 1. The number of benzene rings is 2. The predicted octanol–water partition coefficient (Wildman–Crippen LogP) is 2.23. The van der Waals surface area contributed by atoms with Gasteiger partial charge in [-0.3, -0.25) is 14.7 Å². The van der Waals surface area contributed by atoms with Crippen molar-refractivity contribution in [3.8, 4) is 22.5 Å². The molecule has 7 nitrogen and oxygen atoms in total. The molecule has 2 amide bonds. The van der Waals surface area contributed by atoms with Gasteiger partial charge in [0, 0.05) is 23.2 Å². The number of hydrogen-bond acceptors (Lipinski definition) is 4. The SMILES string of the molecule is Cc1ccc(-c2[nH]nc(-c3cccc(C(=O)NCCCN)c3)c2C(N)=O)cc1. The minimum Gasteiger partial charge on any atom is -0.365 e. The number of aromatic nitrogens is 2. The average molecular weight is 377 g/mol. The molecular formula is C21H23N5O2. The van der Waals surface area contributed by atoms with Crippen molar-refractivity contribution in [3.05, 3.63) is 65.2 Å². The van der Waals surface area contributed by atoms with Crippen molar-refractivity contribution in [1.29, 1.82) is 0 Å². The molecule has 1 heterocycles. The summed E-state index contributed by atoms with van der Waals surface area (Å²) in [4.78, 5) is 24.5. The second kappa shape index (κ2) is 8.49. The van der Waals surface area contributed by atoms with Crippen LogP contribution in [0.1, 0.15) is 32.7 Å². The van der Waals surface area contributed by atoms with E-state index in [0.29, 0.717) is 47.6 Å². The second-order valence-corrected chi connectivity index (χ2v) is 6.53. The molecule has 3 aromatic rings. The molecule has 1 aromatic heterocycles. The van der Waals surface area contributed by atoms with Gasteiger partial charge in [0.25, 0.3) is 11.8 Å². The molecule has 0 aliphatic rings. The molecule has 0 saturated carbocycles. The normalized spacial score (nSPS) is 10.6. The van der Waals surface area contributed by atoms with Crippen molar-refractivity contribution in [2.24, 2.45) is 11.5 Å². The fourth-order valence-electron chi connectivity index (χ4n) is 2.93. The molecule has 0 bridgehead atoms. The van der Waals surface area contributed by atoms with Crippen molar-refractivity contribution >= 4 is 11.8 Å². The monoisotopic (exact) mass is 377 g/mol. The van der Waals surface area contributed by atoms with Gasteiger partial charge in [-0.15, -0.1) is 0 Å². The molecule has 0 saturated heterocycles. The average Bonchev–Trinajstić information content (AvgIpc) is 3.14. The van der Waals surface area contributed by atoms with Gasteiger partial charge in [-0.25, -0.2) is 0 Å². The first-order chi connectivity index (χ1) is 13.5. The van der Waals surface area contributed by atoms with E-state index in [9.17, 15) is 9.59 Å². The van der Waals surface area contributed by atoms with Crippen molar-refractivity contribution in [2.45, 2.75) is 13.3 Å². The van der Waals surface area contributed by atoms with E-state index in [1.807, 2.05) is 31.2 Å². The summed E-state index contributed by atoms with van der Waals surface area (Å²) in [6.07, 6.45) is 0.705. The first kappa shape index (κ1) is 19.3. The lowest BCUT2D eigenvalue weighted by atomic mass is 9.99. The van der Waals surface area contributed by atoms with Crippen LogP contribution in [0.5, 0.6) is 0 Å². The van der Waals surface area contributed by atoms with Crippen LogP contribution >= 0.6 is 0 Å². The van der Waals surface area contributed by atoms with Gasteiger partial charge >= 0.3 is 0 Å². The molecule has 0 fully saturated rings. The first-order valence-electron chi connectivity index (χ1n) is 9.05. The number of amides is 2. The quantitative estimate of drug-likeness (QED) is 0.471. The van der Waals surface area contributed by atoms with Crippen LogP contribution in [0.2, 0.25) is 0 Å². The molecular weight excluding hydrogens is 354 g/mol. The lowest BCUT2D eigenvalue weighted by molar-refractivity contribution is 0.0952. The first-order valence-corrected chi connectivity index (χ1v) is 9.05. The van der Waals surface area contributed by atoms with Crippen LogP contribution in [0.4, 0.5) is 0 Å². The van der Waals surface area contributed by atoms with E-state index in [0.717, 1.165) is 11.1 Å². The van der Waals surface area contributed by atoms with Gasteiger partial charge in [0.05, 0.1) is 11.3 Å². The second-order valence-electron chi connectivity index (χ2n) is 6.53. The summed E-state index contributed by atoms with van der Waals surface area (Å²) in [6.45, 7) is 3.00. The highest BCUT2D eigenvalue weighted by Crippen LogP contribution is 2.30. The van der Waals surface area contributed by atoms with E-state index in [1.54, 1.807) is 24.3 Å². The molecule has 0 atom stereocenters. The Morgan fingerprint density at radius 3 is 2.54 bits per heavy atom. The lowest BCUT2D eigenvalue weighted by Crippen LogP contribution is -2.25. The van der Waals surface area contributed by atoms with Crippen molar-refractivity contribution in [2.75, 3.05) is 13.1 Å². The van der Waals surface area contributed by atoms with Crippen molar-refractivity contribution in [1.82, 2.24) is 15.5 Å². The Balaban J connectivity index is 1.98. The van der Waals surface area contributed by atoms with Gasteiger partial charge in [0.2, 0.25) is 0 Å². The Bertz CT molecular complexity index is 992. The number of carbonyl (C=O) groups is 2. The molecule has 2 aromatic carbocycles. The number of rotatable bonds is 7. The lowest BCUT2D eigenvalue weighted by Gasteiger charge is -2.07. The summed E-state index contributed by atoms with van der Waals surface area (Å²) < 4.78 is 0. The fraction of sp³-hybridized carbons (Fsp3) is 0.190. The maximum absolute atomic E-state index is 12.3. The van der Waals surface area contributed by atoms with Crippen LogP contribution < -0.4 is 16.8 Å². The van der Waals surface area contributed by atoms with Crippen LogP contribution in [-0.2, 0) is 0 Å². The van der Waals surface area contributed by atoms with Crippen LogP contribution in [-0.4, -0.2) is 35.1 Å². The number of primary amides is 1. The van der Waals surface area contributed by atoms with Crippen LogP contribution in [0, 0.1) is 6.92 Å². The fourth-order valence-corrected chi connectivity index (χ4v) is 2.93. The maximum Gasteiger partial charge on any atom is 0.253 e. The van der Waals surface area contributed by atoms with Gasteiger partial charge in [0.15, 0.2) is 0 Å². The largest absolute Gasteiger partial charge is 0.365 e. The Labute approximate surface area is 163 Å². The van der Waals surface area contributed by atoms with Gasteiger partial charge in [-0.1, -0.05) is 42.0 Å². The number of aryl methyl sites for hydroxylation is 1. The van der Waals surface area contributed by atoms with Crippen LogP contribution in [0.15, 0.2) is 48.5 Å². The van der Waals surface area contributed by atoms with Gasteiger partial charge < -0.3 is 16.8 Å². The highest BCUT2D eigenvalue weighted by molar-refractivity contribution is 6.05. The molecule has 0 unspecified atom stereocenters. The molecule has 0 radical (unpaired) electrons. The predicted molar refractivity (Wildman–Crippen MR) is 109 cm³/mol.